The van der Waals surface area contributed by atoms with E-state index in [0.717, 1.165) is 12.8 Å². The van der Waals surface area contributed by atoms with Gasteiger partial charge in [0.25, 0.3) is 0 Å². The number of rotatable bonds is 3. The van der Waals surface area contributed by atoms with E-state index in [0.29, 0.717) is 25.4 Å². The normalized spacial score (nSPS) is 33.9. The summed E-state index contributed by atoms with van der Waals surface area (Å²) in [5.41, 5.74) is -0.816. The Morgan fingerprint density at radius 1 is 1.42 bits per heavy atom. The summed E-state index contributed by atoms with van der Waals surface area (Å²) in [6.45, 7) is 3.10. The molecule has 0 bridgehead atoms. The van der Waals surface area contributed by atoms with Crippen LogP contribution in [0.2, 0.25) is 0 Å². The van der Waals surface area contributed by atoms with Gasteiger partial charge >= 0.3 is 12.0 Å². The van der Waals surface area contributed by atoms with Gasteiger partial charge in [-0.2, -0.15) is 0 Å². The molecule has 1 atom stereocenters. The lowest BCUT2D eigenvalue weighted by molar-refractivity contribution is -0.147. The number of aliphatic hydroxyl groups is 1. The monoisotopic (exact) mass is 270 g/mol. The second-order valence-electron chi connectivity index (χ2n) is 6.19. The standard InChI is InChI=1S/C13H22N2O4/c1-13(11(17)18)3-4-15(8-13)12(19)14(2)7-9-5-10(16)6-9/h9-10,16H,3-8H2,1-2H3,(H,17,18). The molecule has 1 saturated carbocycles. The number of urea groups is 1. The van der Waals surface area contributed by atoms with Crippen molar-refractivity contribution in [2.24, 2.45) is 11.3 Å². The molecule has 19 heavy (non-hydrogen) atoms. The number of carbonyl (C=O) groups is 2. The van der Waals surface area contributed by atoms with Crippen LogP contribution in [0.3, 0.4) is 0 Å². The number of carbonyl (C=O) groups excluding carboxylic acids is 1. The van der Waals surface area contributed by atoms with Crippen molar-refractivity contribution >= 4 is 12.0 Å². The van der Waals surface area contributed by atoms with Crippen LogP contribution in [0.15, 0.2) is 0 Å². The van der Waals surface area contributed by atoms with Gasteiger partial charge in [0, 0.05) is 26.7 Å². The first-order valence-corrected chi connectivity index (χ1v) is 6.73. The Bertz CT molecular complexity index is 381. The summed E-state index contributed by atoms with van der Waals surface area (Å²) < 4.78 is 0. The fourth-order valence-electron chi connectivity index (χ4n) is 2.86. The van der Waals surface area contributed by atoms with E-state index in [1.54, 1.807) is 23.8 Å². The van der Waals surface area contributed by atoms with E-state index in [-0.39, 0.29) is 18.7 Å². The van der Waals surface area contributed by atoms with Crippen LogP contribution in [0, 0.1) is 11.3 Å². The van der Waals surface area contributed by atoms with Crippen molar-refractivity contribution in [3.05, 3.63) is 0 Å². The quantitative estimate of drug-likeness (QED) is 0.787. The molecule has 2 rings (SSSR count). The zero-order valence-corrected chi connectivity index (χ0v) is 11.5. The van der Waals surface area contributed by atoms with Gasteiger partial charge in [-0.3, -0.25) is 4.79 Å². The zero-order chi connectivity index (χ0) is 14.2. The number of likely N-dealkylation sites (tertiary alicyclic amines) is 1. The molecular weight excluding hydrogens is 248 g/mol. The lowest BCUT2D eigenvalue weighted by atomic mass is 9.82. The predicted molar refractivity (Wildman–Crippen MR) is 68.7 cm³/mol. The largest absolute Gasteiger partial charge is 0.481 e. The van der Waals surface area contributed by atoms with E-state index in [9.17, 15) is 14.7 Å². The molecule has 0 spiro atoms. The number of carboxylic acids is 1. The first kappa shape index (κ1) is 14.1. The van der Waals surface area contributed by atoms with Gasteiger partial charge in [-0.25, -0.2) is 4.79 Å². The third-order valence-electron chi connectivity index (χ3n) is 4.33. The summed E-state index contributed by atoms with van der Waals surface area (Å²) in [5, 5.41) is 18.4. The minimum Gasteiger partial charge on any atom is -0.481 e. The van der Waals surface area contributed by atoms with Crippen LogP contribution in [0.25, 0.3) is 0 Å². The molecule has 0 radical (unpaired) electrons. The average molecular weight is 270 g/mol. The smallest absolute Gasteiger partial charge is 0.319 e. The van der Waals surface area contributed by atoms with Gasteiger partial charge in [-0.1, -0.05) is 0 Å². The van der Waals surface area contributed by atoms with Crippen molar-refractivity contribution in [2.75, 3.05) is 26.7 Å². The summed E-state index contributed by atoms with van der Waals surface area (Å²) in [6.07, 6.45) is 1.80. The Morgan fingerprint density at radius 2 is 2.05 bits per heavy atom. The molecule has 108 valence electrons. The molecule has 1 aliphatic carbocycles. The minimum atomic E-state index is -0.840. The van der Waals surface area contributed by atoms with E-state index >= 15 is 0 Å². The SMILES string of the molecule is CN(CC1CC(O)C1)C(=O)N1CCC(C)(C(=O)O)C1. The van der Waals surface area contributed by atoms with E-state index < -0.39 is 11.4 Å². The van der Waals surface area contributed by atoms with Crippen LogP contribution in [0.5, 0.6) is 0 Å². The molecule has 2 fully saturated rings. The molecule has 1 saturated heterocycles. The molecule has 1 unspecified atom stereocenters. The van der Waals surface area contributed by atoms with Crippen LogP contribution in [0.4, 0.5) is 4.79 Å². The van der Waals surface area contributed by atoms with Crippen LogP contribution in [0.1, 0.15) is 26.2 Å². The first-order chi connectivity index (χ1) is 8.82. The van der Waals surface area contributed by atoms with Gasteiger partial charge in [-0.05, 0) is 32.1 Å². The predicted octanol–water partition coefficient (Wildman–Crippen LogP) is 0.606. The molecule has 0 aromatic rings. The molecule has 1 aliphatic heterocycles. The Balaban J connectivity index is 1.85. The molecule has 0 aromatic carbocycles. The number of nitrogens with zero attached hydrogens (tertiary/aromatic N) is 2. The maximum Gasteiger partial charge on any atom is 0.319 e. The molecular formula is C13H22N2O4. The van der Waals surface area contributed by atoms with E-state index in [1.807, 2.05) is 0 Å². The molecule has 2 aliphatic rings. The van der Waals surface area contributed by atoms with E-state index in [2.05, 4.69) is 0 Å². The molecule has 6 nitrogen and oxygen atoms in total. The molecule has 2 amide bonds. The summed E-state index contributed by atoms with van der Waals surface area (Å²) in [5.74, 6) is -0.468. The van der Waals surface area contributed by atoms with E-state index in [4.69, 9.17) is 5.11 Å². The van der Waals surface area contributed by atoms with Crippen LogP contribution < -0.4 is 0 Å². The highest BCUT2D eigenvalue weighted by Crippen LogP contribution is 2.31. The van der Waals surface area contributed by atoms with Crippen LogP contribution in [-0.4, -0.2) is 64.8 Å². The highest BCUT2D eigenvalue weighted by atomic mass is 16.4. The zero-order valence-electron chi connectivity index (χ0n) is 11.5. The highest BCUT2D eigenvalue weighted by Gasteiger charge is 2.43. The second-order valence-corrected chi connectivity index (χ2v) is 6.19. The number of amides is 2. The van der Waals surface area contributed by atoms with Gasteiger partial charge in [0.15, 0.2) is 0 Å². The third kappa shape index (κ3) is 2.83. The number of carboxylic acid groups (broad SMARTS) is 1. The van der Waals surface area contributed by atoms with Crippen molar-refractivity contribution in [2.45, 2.75) is 32.3 Å². The lowest BCUT2D eigenvalue weighted by Gasteiger charge is -2.35. The summed E-state index contributed by atoms with van der Waals surface area (Å²) >= 11 is 0. The number of hydrogen-bond acceptors (Lipinski definition) is 3. The topological polar surface area (TPSA) is 81.1 Å². The fraction of sp³-hybridized carbons (Fsp3) is 0.846. The number of hydrogen-bond donors (Lipinski definition) is 2. The molecule has 2 N–H and O–H groups in total. The van der Waals surface area contributed by atoms with Gasteiger partial charge in [-0.15, -0.1) is 0 Å². The van der Waals surface area contributed by atoms with Crippen molar-refractivity contribution in [3.63, 3.8) is 0 Å². The third-order valence-corrected chi connectivity index (χ3v) is 4.33. The van der Waals surface area contributed by atoms with Crippen molar-refractivity contribution in [1.29, 1.82) is 0 Å². The van der Waals surface area contributed by atoms with Gasteiger partial charge < -0.3 is 20.0 Å². The van der Waals surface area contributed by atoms with Gasteiger partial charge in [0.1, 0.15) is 0 Å². The van der Waals surface area contributed by atoms with Crippen molar-refractivity contribution < 1.29 is 19.8 Å². The van der Waals surface area contributed by atoms with E-state index in [1.165, 1.54) is 0 Å². The Morgan fingerprint density at radius 3 is 2.53 bits per heavy atom. The molecule has 6 heteroatoms. The summed E-state index contributed by atoms with van der Waals surface area (Å²) in [7, 11) is 1.74. The van der Waals surface area contributed by atoms with Crippen molar-refractivity contribution in [1.82, 2.24) is 9.80 Å². The van der Waals surface area contributed by atoms with Gasteiger partial charge in [0.2, 0.25) is 0 Å². The maximum absolute atomic E-state index is 12.2. The van der Waals surface area contributed by atoms with Crippen LogP contribution >= 0.6 is 0 Å². The fourth-order valence-corrected chi connectivity index (χ4v) is 2.86. The molecule has 0 aromatic heterocycles. The maximum atomic E-state index is 12.2. The Labute approximate surface area is 113 Å². The number of aliphatic hydroxyl groups excluding tert-OH is 1. The second kappa shape index (κ2) is 5.00. The Kier molecular flexibility index (Phi) is 3.71. The van der Waals surface area contributed by atoms with Crippen LogP contribution in [-0.2, 0) is 4.79 Å². The summed E-state index contributed by atoms with van der Waals surface area (Å²) in [6, 6.07) is -0.105. The minimum absolute atomic E-state index is 0.105. The van der Waals surface area contributed by atoms with Gasteiger partial charge in [0.05, 0.1) is 11.5 Å². The summed E-state index contributed by atoms with van der Waals surface area (Å²) in [4.78, 5) is 26.6. The number of aliphatic carboxylic acids is 1. The first-order valence-electron chi connectivity index (χ1n) is 6.73. The highest BCUT2D eigenvalue weighted by molar-refractivity contribution is 5.79. The Hall–Kier alpha value is -1.30. The van der Waals surface area contributed by atoms with Crippen molar-refractivity contribution in [3.8, 4) is 0 Å². The average Bonchev–Trinajstić information content (AvgIpc) is 2.70. The molecule has 1 heterocycles. The lowest BCUT2D eigenvalue weighted by Crippen LogP contribution is -2.45.